The monoisotopic (exact) mass is 240 g/mol. The van der Waals surface area contributed by atoms with Crippen molar-refractivity contribution >= 4 is 18.0 Å². The lowest BCUT2D eigenvalue weighted by molar-refractivity contribution is -0.134. The molecule has 0 bridgehead atoms. The maximum absolute atomic E-state index is 12.1. The van der Waals surface area contributed by atoms with E-state index in [9.17, 15) is 14.4 Å². The highest BCUT2D eigenvalue weighted by atomic mass is 16.2. The van der Waals surface area contributed by atoms with Crippen LogP contribution in [0.1, 0.15) is 20.8 Å². The third kappa shape index (κ3) is 0.992. The number of urea groups is 2. The zero-order chi connectivity index (χ0) is 13.2. The molecule has 2 heterocycles. The van der Waals surface area contributed by atoms with Gasteiger partial charge in [-0.05, 0) is 13.8 Å². The molecule has 7 heteroatoms. The molecule has 2 aliphatic heterocycles. The molecule has 0 aromatic heterocycles. The number of carbonyl (C=O) groups excluding carboxylic acids is 3. The second-order valence-corrected chi connectivity index (χ2v) is 4.78. The van der Waals surface area contributed by atoms with Crippen LogP contribution in [-0.4, -0.2) is 58.1 Å². The summed E-state index contributed by atoms with van der Waals surface area (Å²) < 4.78 is 0. The number of hydrogen-bond donors (Lipinski definition) is 1. The minimum atomic E-state index is -1.01. The Morgan fingerprint density at radius 1 is 1.18 bits per heavy atom. The topological polar surface area (TPSA) is 73.0 Å². The summed E-state index contributed by atoms with van der Waals surface area (Å²) in [5.74, 6) is -0.378. The van der Waals surface area contributed by atoms with Crippen molar-refractivity contribution in [3.8, 4) is 0 Å². The van der Waals surface area contributed by atoms with E-state index in [2.05, 4.69) is 5.32 Å². The minimum Gasteiger partial charge on any atom is -0.311 e. The molecule has 7 nitrogen and oxygen atoms in total. The van der Waals surface area contributed by atoms with Gasteiger partial charge in [-0.1, -0.05) is 0 Å². The summed E-state index contributed by atoms with van der Waals surface area (Å²) >= 11 is 0. The summed E-state index contributed by atoms with van der Waals surface area (Å²) in [6, 6.07) is -0.713. The minimum absolute atomic E-state index is 0.305. The van der Waals surface area contributed by atoms with Crippen LogP contribution < -0.4 is 5.32 Å². The van der Waals surface area contributed by atoms with Crippen LogP contribution in [0.5, 0.6) is 0 Å². The Morgan fingerprint density at radius 2 is 1.71 bits per heavy atom. The molecular formula is C10H16N4O3. The molecule has 2 atom stereocenters. The normalized spacial score (nSPS) is 36.4. The zero-order valence-corrected chi connectivity index (χ0v) is 10.6. The van der Waals surface area contributed by atoms with Crippen molar-refractivity contribution in [2.45, 2.75) is 32.1 Å². The summed E-state index contributed by atoms with van der Waals surface area (Å²) in [6.07, 6.45) is 0. The number of fused-ring (bicyclic) bond motifs is 1. The van der Waals surface area contributed by atoms with Gasteiger partial charge in [-0.25, -0.2) is 14.5 Å². The smallest absolute Gasteiger partial charge is 0.311 e. The zero-order valence-electron chi connectivity index (χ0n) is 10.6. The van der Waals surface area contributed by atoms with Crippen molar-refractivity contribution in [3.63, 3.8) is 0 Å². The van der Waals surface area contributed by atoms with Crippen LogP contribution >= 0.6 is 0 Å². The van der Waals surface area contributed by atoms with Crippen LogP contribution in [0.2, 0.25) is 0 Å². The molecule has 94 valence electrons. The van der Waals surface area contributed by atoms with Gasteiger partial charge in [-0.2, -0.15) is 0 Å². The third-order valence-corrected chi connectivity index (χ3v) is 4.13. The largest absolute Gasteiger partial charge is 0.330 e. The van der Waals surface area contributed by atoms with Crippen molar-refractivity contribution in [1.29, 1.82) is 0 Å². The molecular weight excluding hydrogens is 224 g/mol. The van der Waals surface area contributed by atoms with Crippen molar-refractivity contribution < 1.29 is 14.4 Å². The Morgan fingerprint density at radius 3 is 2.18 bits per heavy atom. The van der Waals surface area contributed by atoms with Gasteiger partial charge < -0.3 is 15.1 Å². The van der Waals surface area contributed by atoms with Crippen LogP contribution in [0.25, 0.3) is 0 Å². The second kappa shape index (κ2) is 2.91. The van der Waals surface area contributed by atoms with Gasteiger partial charge in [-0.3, -0.25) is 4.79 Å². The van der Waals surface area contributed by atoms with Gasteiger partial charge in [0.1, 0.15) is 0 Å². The number of hydrogen-bond acceptors (Lipinski definition) is 3. The van der Waals surface area contributed by atoms with E-state index in [1.165, 1.54) is 16.7 Å². The summed E-state index contributed by atoms with van der Waals surface area (Å²) in [5, 5.41) is 2.75. The lowest BCUT2D eigenvalue weighted by Crippen LogP contribution is -2.63. The molecule has 0 unspecified atom stereocenters. The van der Waals surface area contributed by atoms with Crippen molar-refractivity contribution in [3.05, 3.63) is 0 Å². The van der Waals surface area contributed by atoms with Gasteiger partial charge in [0.15, 0.2) is 11.3 Å². The van der Waals surface area contributed by atoms with Gasteiger partial charge in [-0.15, -0.1) is 0 Å². The molecule has 2 aliphatic rings. The molecule has 0 aromatic carbocycles. The molecule has 0 radical (unpaired) electrons. The fourth-order valence-electron chi connectivity index (χ4n) is 2.67. The van der Waals surface area contributed by atoms with Crippen LogP contribution in [0.3, 0.4) is 0 Å². The van der Waals surface area contributed by atoms with Crippen molar-refractivity contribution in [2.75, 3.05) is 14.1 Å². The molecule has 17 heavy (non-hydrogen) atoms. The molecule has 0 spiro atoms. The van der Waals surface area contributed by atoms with E-state index < -0.39 is 17.4 Å². The Hall–Kier alpha value is -1.79. The summed E-state index contributed by atoms with van der Waals surface area (Å²) in [6.45, 7) is 4.75. The quantitative estimate of drug-likeness (QED) is 0.647. The van der Waals surface area contributed by atoms with E-state index in [-0.39, 0.29) is 11.9 Å². The van der Waals surface area contributed by atoms with E-state index in [1.54, 1.807) is 27.9 Å². The van der Waals surface area contributed by atoms with Gasteiger partial charge in [0, 0.05) is 21.0 Å². The second-order valence-electron chi connectivity index (χ2n) is 4.78. The van der Waals surface area contributed by atoms with Crippen LogP contribution in [0.4, 0.5) is 9.59 Å². The van der Waals surface area contributed by atoms with E-state index in [1.807, 2.05) is 0 Å². The predicted octanol–water partition coefficient (Wildman–Crippen LogP) is -0.0123. The first-order chi connectivity index (χ1) is 7.68. The molecule has 1 N–H and O–H groups in total. The number of nitrogens with one attached hydrogen (secondary N) is 1. The standard InChI is InChI=1S/C10H16N4O3/c1-6(15)14-8(17)13(5)9(2)10(14,3)12(4)7(16)11-9/h1-5H3,(H,11,16)/t9-,10+/m0/s1. The summed E-state index contributed by atoms with van der Waals surface area (Å²) in [5.41, 5.74) is -1.93. The Kier molecular flexibility index (Phi) is 2.00. The average Bonchev–Trinajstić information content (AvgIpc) is 2.48. The average molecular weight is 240 g/mol. The number of rotatable bonds is 0. The van der Waals surface area contributed by atoms with E-state index in [4.69, 9.17) is 0 Å². The van der Waals surface area contributed by atoms with Gasteiger partial charge in [0.25, 0.3) is 0 Å². The maximum Gasteiger partial charge on any atom is 0.330 e. The van der Waals surface area contributed by atoms with Gasteiger partial charge >= 0.3 is 12.1 Å². The molecule has 2 rings (SSSR count). The summed E-state index contributed by atoms with van der Waals surface area (Å²) in [4.78, 5) is 39.4. The number of carbonyl (C=O) groups is 3. The molecule has 5 amide bonds. The van der Waals surface area contributed by atoms with E-state index in [0.29, 0.717) is 0 Å². The van der Waals surface area contributed by atoms with Gasteiger partial charge in [0.2, 0.25) is 5.91 Å². The highest BCUT2D eigenvalue weighted by Crippen LogP contribution is 2.44. The van der Waals surface area contributed by atoms with E-state index in [0.717, 1.165) is 4.90 Å². The fraction of sp³-hybridized carbons (Fsp3) is 0.700. The number of nitrogens with zero attached hydrogens (tertiary/aromatic N) is 3. The number of likely N-dealkylation sites (N-methyl/N-ethyl adjacent to an activating group) is 2. The van der Waals surface area contributed by atoms with Crippen molar-refractivity contribution in [2.24, 2.45) is 0 Å². The first-order valence-corrected chi connectivity index (χ1v) is 5.32. The highest BCUT2D eigenvalue weighted by molar-refractivity contribution is 5.99. The summed E-state index contributed by atoms with van der Waals surface area (Å²) in [7, 11) is 3.14. The number of amides is 5. The molecule has 2 fully saturated rings. The molecule has 0 aliphatic carbocycles. The van der Waals surface area contributed by atoms with Crippen LogP contribution in [-0.2, 0) is 4.79 Å². The predicted molar refractivity (Wildman–Crippen MR) is 58.8 cm³/mol. The van der Waals surface area contributed by atoms with Crippen LogP contribution in [0, 0.1) is 0 Å². The lowest BCUT2D eigenvalue weighted by Gasteiger charge is -2.40. The van der Waals surface area contributed by atoms with E-state index >= 15 is 0 Å². The first-order valence-electron chi connectivity index (χ1n) is 5.32. The highest BCUT2D eigenvalue weighted by Gasteiger charge is 2.70. The molecule has 0 saturated carbocycles. The maximum atomic E-state index is 12.1. The first kappa shape index (κ1) is 11.7. The van der Waals surface area contributed by atoms with Crippen molar-refractivity contribution in [1.82, 2.24) is 20.0 Å². The van der Waals surface area contributed by atoms with Gasteiger partial charge in [0.05, 0.1) is 0 Å². The molecule has 2 saturated heterocycles. The Bertz CT molecular complexity index is 437. The van der Waals surface area contributed by atoms with Crippen LogP contribution in [0.15, 0.2) is 0 Å². The Labute approximate surface area is 99.3 Å². The lowest BCUT2D eigenvalue weighted by atomic mass is 9.97. The SMILES string of the molecule is CC(=O)N1C(=O)N(C)[C@]2(C)NC(=O)N(C)[C@]12C. The third-order valence-electron chi connectivity index (χ3n) is 4.13. The number of imide groups is 1. The molecule has 0 aromatic rings. The Balaban J connectivity index is 2.64. The fourth-order valence-corrected chi connectivity index (χ4v) is 2.67.